The number of benzene rings is 2. The van der Waals surface area contributed by atoms with Gasteiger partial charge in [0.25, 0.3) is 0 Å². The van der Waals surface area contributed by atoms with Gasteiger partial charge in [-0.2, -0.15) is 0 Å². The molecule has 0 saturated carbocycles. The molecule has 0 saturated heterocycles. The van der Waals surface area contributed by atoms with Gasteiger partial charge in [0, 0.05) is 29.5 Å². The Labute approximate surface area is 191 Å². The van der Waals surface area contributed by atoms with Crippen LogP contribution in [0.1, 0.15) is 16.7 Å². The number of pyridine rings is 1. The second-order valence-corrected chi connectivity index (χ2v) is 9.77. The average Bonchev–Trinajstić information content (AvgIpc) is 3.21. The maximum Gasteiger partial charge on any atom is 0.320 e. The van der Waals surface area contributed by atoms with Gasteiger partial charge < -0.3 is 20.6 Å². The highest BCUT2D eigenvalue weighted by Gasteiger charge is 2.22. The topological polar surface area (TPSA) is 135 Å². The fraction of sp³-hybridized carbons (Fsp3) is 0.167. The molecule has 9 heteroatoms. The molecule has 0 fully saturated rings. The number of ether oxygens (including phenoxy) is 1. The minimum absolute atomic E-state index is 0.153. The van der Waals surface area contributed by atoms with Crippen molar-refractivity contribution in [3.63, 3.8) is 0 Å². The number of aromatic nitrogens is 2. The van der Waals surface area contributed by atoms with Crippen LogP contribution in [0.25, 0.3) is 10.9 Å². The molecule has 2 aromatic carbocycles. The average molecular weight is 466 g/mol. The van der Waals surface area contributed by atoms with Crippen molar-refractivity contribution in [1.82, 2.24) is 9.97 Å². The number of hydrogen-bond donors (Lipinski definition) is 3. The Morgan fingerprint density at radius 3 is 2.42 bits per heavy atom. The molecule has 4 N–H and O–H groups in total. The van der Waals surface area contributed by atoms with Gasteiger partial charge in [-0.25, -0.2) is 8.42 Å². The van der Waals surface area contributed by atoms with E-state index in [1.165, 1.54) is 30.7 Å². The number of carbonyl (C=O) groups is 1. The zero-order valence-corrected chi connectivity index (χ0v) is 18.9. The molecule has 0 unspecified atom stereocenters. The zero-order chi connectivity index (χ0) is 23.8. The maximum atomic E-state index is 13.1. The third-order valence-electron chi connectivity index (χ3n) is 5.38. The summed E-state index contributed by atoms with van der Waals surface area (Å²) in [5.41, 5.74) is 8.77. The number of carboxylic acid groups (broad SMARTS) is 1. The van der Waals surface area contributed by atoms with Crippen molar-refractivity contribution >= 4 is 26.7 Å². The Morgan fingerprint density at radius 2 is 1.79 bits per heavy atom. The quantitative estimate of drug-likeness (QED) is 0.378. The fourth-order valence-electron chi connectivity index (χ4n) is 3.78. The van der Waals surface area contributed by atoms with Crippen LogP contribution in [0, 0.1) is 13.8 Å². The second kappa shape index (κ2) is 8.68. The van der Waals surface area contributed by atoms with Crippen LogP contribution in [-0.4, -0.2) is 35.5 Å². The van der Waals surface area contributed by atoms with Gasteiger partial charge in [-0.05, 0) is 67.3 Å². The van der Waals surface area contributed by atoms with E-state index in [4.69, 9.17) is 15.6 Å². The van der Waals surface area contributed by atoms with Crippen molar-refractivity contribution in [1.29, 1.82) is 0 Å². The lowest BCUT2D eigenvalue weighted by Crippen LogP contribution is -2.32. The number of sulfone groups is 1. The molecular weight excluding hydrogens is 442 g/mol. The molecule has 0 amide bonds. The van der Waals surface area contributed by atoms with Gasteiger partial charge in [0.05, 0.1) is 9.79 Å². The van der Waals surface area contributed by atoms with Gasteiger partial charge in [0.2, 0.25) is 9.84 Å². The minimum atomic E-state index is -3.74. The number of aryl methyl sites for hydroxylation is 2. The number of carboxylic acids is 1. The van der Waals surface area contributed by atoms with E-state index in [0.717, 1.165) is 16.7 Å². The van der Waals surface area contributed by atoms with Gasteiger partial charge in [-0.15, -0.1) is 0 Å². The Bertz CT molecular complexity index is 1420. The molecule has 8 nitrogen and oxygen atoms in total. The first-order valence-corrected chi connectivity index (χ1v) is 11.7. The van der Waals surface area contributed by atoms with Gasteiger partial charge >= 0.3 is 5.97 Å². The van der Waals surface area contributed by atoms with Crippen molar-refractivity contribution in [2.24, 2.45) is 5.73 Å². The summed E-state index contributed by atoms with van der Waals surface area (Å²) in [7, 11) is -3.74. The lowest BCUT2D eigenvalue weighted by atomic mass is 10.0. The number of aliphatic carboxylic acids is 1. The lowest BCUT2D eigenvalue weighted by Gasteiger charge is -2.15. The zero-order valence-electron chi connectivity index (χ0n) is 18.1. The molecule has 2 aromatic heterocycles. The van der Waals surface area contributed by atoms with Crippen molar-refractivity contribution in [3.05, 3.63) is 77.7 Å². The highest BCUT2D eigenvalue weighted by atomic mass is 32.2. The first-order chi connectivity index (χ1) is 15.7. The summed E-state index contributed by atoms with van der Waals surface area (Å²) in [6.45, 7) is 3.73. The number of nitrogens with two attached hydrogens (primary N) is 1. The van der Waals surface area contributed by atoms with Crippen molar-refractivity contribution in [2.75, 3.05) is 0 Å². The Hall–Kier alpha value is -3.69. The molecule has 2 heterocycles. The number of aromatic amines is 1. The molecular formula is C24H23N3O5S. The predicted octanol–water partition coefficient (Wildman–Crippen LogP) is 3.76. The van der Waals surface area contributed by atoms with Crippen LogP contribution < -0.4 is 10.5 Å². The van der Waals surface area contributed by atoms with Gasteiger partial charge in [0.15, 0.2) is 0 Å². The van der Waals surface area contributed by atoms with E-state index in [1.54, 1.807) is 18.2 Å². The van der Waals surface area contributed by atoms with Crippen LogP contribution in [-0.2, 0) is 21.1 Å². The van der Waals surface area contributed by atoms with E-state index in [0.29, 0.717) is 22.4 Å². The normalized spacial score (nSPS) is 12.6. The van der Waals surface area contributed by atoms with E-state index in [-0.39, 0.29) is 16.2 Å². The second-order valence-electron chi connectivity index (χ2n) is 7.86. The molecule has 0 aliphatic rings. The van der Waals surface area contributed by atoms with E-state index in [1.807, 2.05) is 26.0 Å². The van der Waals surface area contributed by atoms with Crippen molar-refractivity contribution in [3.8, 4) is 11.5 Å². The third-order valence-corrected chi connectivity index (χ3v) is 7.19. The molecule has 0 spiro atoms. The number of fused-ring (bicyclic) bond motifs is 1. The van der Waals surface area contributed by atoms with Gasteiger partial charge in [-0.1, -0.05) is 12.1 Å². The Kier molecular flexibility index (Phi) is 5.92. The molecule has 4 aromatic rings. The Balaban J connectivity index is 1.68. The number of nitrogens with one attached hydrogen (secondary N) is 1. The van der Waals surface area contributed by atoms with Crippen molar-refractivity contribution in [2.45, 2.75) is 36.1 Å². The van der Waals surface area contributed by atoms with Crippen LogP contribution in [0.3, 0.4) is 0 Å². The number of hydrogen-bond acceptors (Lipinski definition) is 6. The summed E-state index contributed by atoms with van der Waals surface area (Å²) in [5, 5.41) is 9.57. The van der Waals surface area contributed by atoms with E-state index < -0.39 is 21.8 Å². The smallest absolute Gasteiger partial charge is 0.320 e. The molecule has 170 valence electrons. The highest BCUT2D eigenvalue weighted by Crippen LogP contribution is 2.34. The molecule has 33 heavy (non-hydrogen) atoms. The lowest BCUT2D eigenvalue weighted by molar-refractivity contribution is -0.138. The number of nitrogens with zero attached hydrogens (tertiary/aromatic N) is 1. The van der Waals surface area contributed by atoms with E-state index >= 15 is 0 Å². The van der Waals surface area contributed by atoms with Gasteiger partial charge in [-0.3, -0.25) is 9.78 Å². The molecule has 0 radical (unpaired) electrons. The standard InChI is InChI=1S/C24H23N3O5S/c1-14-9-16(11-20(25)24(28)29)10-15(2)23(14)32-17-3-4-21-19(12-17)22(13-27-21)33(30,31)18-5-7-26-8-6-18/h3-10,12-13,20,27H,11,25H2,1-2H3,(H,28,29)/t20-/m0/s1. The van der Waals surface area contributed by atoms with Gasteiger partial charge in [0.1, 0.15) is 17.5 Å². The van der Waals surface area contributed by atoms with Crippen LogP contribution in [0.2, 0.25) is 0 Å². The predicted molar refractivity (Wildman–Crippen MR) is 123 cm³/mol. The van der Waals surface area contributed by atoms with Crippen LogP contribution >= 0.6 is 0 Å². The first-order valence-electron chi connectivity index (χ1n) is 10.2. The number of rotatable bonds is 7. The SMILES string of the molecule is Cc1cc(C[C@H](N)C(=O)O)cc(C)c1Oc1ccc2[nH]cc(S(=O)(=O)c3ccncc3)c2c1. The minimum Gasteiger partial charge on any atom is -0.480 e. The van der Waals surface area contributed by atoms with E-state index in [2.05, 4.69) is 9.97 Å². The summed E-state index contributed by atoms with van der Waals surface area (Å²) >= 11 is 0. The summed E-state index contributed by atoms with van der Waals surface area (Å²) in [6.07, 6.45) is 4.56. The summed E-state index contributed by atoms with van der Waals surface area (Å²) in [4.78, 5) is 18.3. The summed E-state index contributed by atoms with van der Waals surface area (Å²) in [5.74, 6) is 0.0495. The number of H-pyrrole nitrogens is 1. The molecule has 0 aliphatic carbocycles. The van der Waals surface area contributed by atoms with Crippen LogP contribution in [0.5, 0.6) is 11.5 Å². The highest BCUT2D eigenvalue weighted by molar-refractivity contribution is 7.91. The molecule has 0 bridgehead atoms. The van der Waals surface area contributed by atoms with Crippen LogP contribution in [0.15, 0.2) is 70.8 Å². The Morgan fingerprint density at radius 1 is 1.12 bits per heavy atom. The maximum absolute atomic E-state index is 13.1. The van der Waals surface area contributed by atoms with E-state index in [9.17, 15) is 13.2 Å². The van der Waals surface area contributed by atoms with Crippen molar-refractivity contribution < 1.29 is 23.1 Å². The van der Waals surface area contributed by atoms with Crippen LogP contribution in [0.4, 0.5) is 0 Å². The fourth-order valence-corrected chi connectivity index (χ4v) is 5.19. The first kappa shape index (κ1) is 22.5. The molecule has 0 aliphatic heterocycles. The largest absolute Gasteiger partial charge is 0.480 e. The molecule has 4 rings (SSSR count). The monoisotopic (exact) mass is 465 g/mol. The summed E-state index contributed by atoms with van der Waals surface area (Å²) < 4.78 is 32.4. The third kappa shape index (κ3) is 4.46. The molecule has 1 atom stereocenters. The summed E-state index contributed by atoms with van der Waals surface area (Å²) in [6, 6.07) is 10.8.